The predicted molar refractivity (Wildman–Crippen MR) is 112 cm³/mol. The van der Waals surface area contributed by atoms with Crippen LogP contribution in [0.5, 0.6) is 11.5 Å². The Labute approximate surface area is 182 Å². The molecular formula is C21H23F3N4O4. The number of para-hydroxylation sites is 1. The summed E-state index contributed by atoms with van der Waals surface area (Å²) in [4.78, 5) is 25.6. The number of nitrogens with zero attached hydrogens (tertiary/aromatic N) is 1. The molecule has 3 amide bonds. The molecule has 1 aliphatic rings. The lowest BCUT2D eigenvalue weighted by Crippen LogP contribution is -2.30. The summed E-state index contributed by atoms with van der Waals surface area (Å²) in [5, 5.41) is 7.85. The summed E-state index contributed by atoms with van der Waals surface area (Å²) in [5.41, 5.74) is 0.333. The topological polar surface area (TPSA) is 91.9 Å². The van der Waals surface area contributed by atoms with Crippen LogP contribution in [0.4, 0.5) is 29.3 Å². The first-order valence-corrected chi connectivity index (χ1v) is 9.71. The van der Waals surface area contributed by atoms with E-state index in [9.17, 15) is 22.8 Å². The van der Waals surface area contributed by atoms with Gasteiger partial charge in [-0.2, -0.15) is 13.2 Å². The van der Waals surface area contributed by atoms with Crippen molar-refractivity contribution in [1.82, 2.24) is 10.2 Å². The van der Waals surface area contributed by atoms with Gasteiger partial charge in [-0.15, -0.1) is 0 Å². The van der Waals surface area contributed by atoms with Gasteiger partial charge in [0.15, 0.2) is 12.4 Å². The molecule has 1 heterocycles. The van der Waals surface area contributed by atoms with E-state index in [1.165, 1.54) is 6.07 Å². The second-order valence-electron chi connectivity index (χ2n) is 7.30. The number of hydrogen-bond donors (Lipinski definition) is 3. The Morgan fingerprint density at radius 1 is 1.25 bits per heavy atom. The van der Waals surface area contributed by atoms with Crippen molar-refractivity contribution in [2.75, 3.05) is 44.5 Å². The van der Waals surface area contributed by atoms with E-state index in [-0.39, 0.29) is 31.4 Å². The van der Waals surface area contributed by atoms with Crippen molar-refractivity contribution in [2.45, 2.75) is 12.7 Å². The van der Waals surface area contributed by atoms with Crippen LogP contribution in [0.15, 0.2) is 36.4 Å². The molecule has 0 unspecified atom stereocenters. The molecule has 32 heavy (non-hydrogen) atoms. The van der Waals surface area contributed by atoms with Crippen LogP contribution in [-0.2, 0) is 17.5 Å². The number of carbonyl (C=O) groups excluding carboxylic acids is 2. The second-order valence-corrected chi connectivity index (χ2v) is 7.30. The molecule has 1 aliphatic heterocycles. The Morgan fingerprint density at radius 2 is 2.03 bits per heavy atom. The van der Waals surface area contributed by atoms with Crippen molar-refractivity contribution in [2.24, 2.45) is 0 Å². The van der Waals surface area contributed by atoms with Gasteiger partial charge in [-0.3, -0.25) is 4.79 Å². The molecule has 0 saturated carbocycles. The fourth-order valence-corrected chi connectivity index (χ4v) is 2.90. The standard InChI is InChI=1S/C21H23F3N4O4/c1-28(2)8-9-31-17-10-14(21(22,23)24)7-6-13(17)11-25-20(30)27-16-5-3-4-15-19(16)32-12-18(29)26-15/h3-7,10H,8-9,11-12H2,1-2H3,(H,26,29)(H2,25,27,30). The first-order valence-electron chi connectivity index (χ1n) is 9.71. The minimum Gasteiger partial charge on any atom is -0.492 e. The van der Waals surface area contributed by atoms with Crippen LogP contribution < -0.4 is 25.4 Å². The number of carbonyl (C=O) groups is 2. The van der Waals surface area contributed by atoms with Crippen molar-refractivity contribution in [3.63, 3.8) is 0 Å². The first-order chi connectivity index (χ1) is 15.1. The molecule has 0 atom stereocenters. The molecular weight excluding hydrogens is 429 g/mol. The van der Waals surface area contributed by atoms with Gasteiger partial charge in [0, 0.05) is 18.7 Å². The van der Waals surface area contributed by atoms with E-state index in [4.69, 9.17) is 9.47 Å². The van der Waals surface area contributed by atoms with Gasteiger partial charge in [0.1, 0.15) is 12.4 Å². The number of likely N-dealkylation sites (N-methyl/N-ethyl adjacent to an activating group) is 1. The molecule has 0 fully saturated rings. The summed E-state index contributed by atoms with van der Waals surface area (Å²) < 4.78 is 50.2. The zero-order valence-corrected chi connectivity index (χ0v) is 17.5. The quantitative estimate of drug-likeness (QED) is 0.600. The lowest BCUT2D eigenvalue weighted by molar-refractivity contribution is -0.137. The molecule has 3 rings (SSSR count). The van der Waals surface area contributed by atoms with E-state index >= 15 is 0 Å². The normalized spacial score (nSPS) is 13.1. The predicted octanol–water partition coefficient (Wildman–Crippen LogP) is 3.30. The molecule has 2 aromatic rings. The van der Waals surface area contributed by atoms with E-state index in [0.29, 0.717) is 29.2 Å². The Bertz CT molecular complexity index is 995. The van der Waals surface area contributed by atoms with Crippen LogP contribution in [-0.4, -0.2) is 50.7 Å². The van der Waals surface area contributed by atoms with Gasteiger partial charge in [0.25, 0.3) is 5.91 Å². The molecule has 2 aromatic carbocycles. The molecule has 3 N–H and O–H groups in total. The SMILES string of the molecule is CN(C)CCOc1cc(C(F)(F)F)ccc1CNC(=O)Nc1cccc2c1OCC(=O)N2. The highest BCUT2D eigenvalue weighted by atomic mass is 19.4. The summed E-state index contributed by atoms with van der Waals surface area (Å²) in [6.07, 6.45) is -4.51. The number of benzene rings is 2. The van der Waals surface area contributed by atoms with Crippen molar-refractivity contribution in [3.05, 3.63) is 47.5 Å². The Hall–Kier alpha value is -3.47. The van der Waals surface area contributed by atoms with Crippen molar-refractivity contribution < 1.29 is 32.2 Å². The van der Waals surface area contributed by atoms with Crippen LogP contribution in [0.1, 0.15) is 11.1 Å². The van der Waals surface area contributed by atoms with Gasteiger partial charge in [-0.25, -0.2) is 4.79 Å². The maximum absolute atomic E-state index is 13.1. The number of urea groups is 1. The average Bonchev–Trinajstić information content (AvgIpc) is 2.71. The highest BCUT2D eigenvalue weighted by Crippen LogP contribution is 2.35. The lowest BCUT2D eigenvalue weighted by atomic mass is 10.1. The third-order valence-electron chi connectivity index (χ3n) is 4.51. The van der Waals surface area contributed by atoms with Crippen LogP contribution in [0, 0.1) is 0 Å². The number of anilines is 2. The van der Waals surface area contributed by atoms with Gasteiger partial charge in [-0.05, 0) is 38.4 Å². The molecule has 0 bridgehead atoms. The lowest BCUT2D eigenvalue weighted by Gasteiger charge is -2.21. The number of amides is 3. The number of hydrogen-bond acceptors (Lipinski definition) is 5. The summed E-state index contributed by atoms with van der Waals surface area (Å²) >= 11 is 0. The first kappa shape index (κ1) is 23.2. The molecule has 8 nitrogen and oxygen atoms in total. The monoisotopic (exact) mass is 452 g/mol. The third kappa shape index (κ3) is 6.03. The van der Waals surface area contributed by atoms with E-state index in [1.54, 1.807) is 18.2 Å². The Balaban J connectivity index is 1.68. The van der Waals surface area contributed by atoms with Gasteiger partial charge < -0.3 is 30.3 Å². The minimum atomic E-state index is -4.51. The fourth-order valence-electron chi connectivity index (χ4n) is 2.90. The highest BCUT2D eigenvalue weighted by Gasteiger charge is 2.31. The summed E-state index contributed by atoms with van der Waals surface area (Å²) in [6.45, 7) is 0.465. The highest BCUT2D eigenvalue weighted by molar-refractivity contribution is 5.99. The molecule has 0 saturated heterocycles. The third-order valence-corrected chi connectivity index (χ3v) is 4.51. The van der Waals surface area contributed by atoms with E-state index in [2.05, 4.69) is 16.0 Å². The van der Waals surface area contributed by atoms with Crippen LogP contribution in [0.25, 0.3) is 0 Å². The average molecular weight is 452 g/mol. The Kier molecular flexibility index (Phi) is 7.08. The summed E-state index contributed by atoms with van der Waals surface area (Å²) in [6, 6.07) is 7.41. The van der Waals surface area contributed by atoms with E-state index in [0.717, 1.165) is 12.1 Å². The molecule has 0 aromatic heterocycles. The second kappa shape index (κ2) is 9.77. The number of nitrogens with one attached hydrogen (secondary N) is 3. The summed E-state index contributed by atoms with van der Waals surface area (Å²) in [5.74, 6) is 0.0674. The molecule has 11 heteroatoms. The Morgan fingerprint density at radius 3 is 2.75 bits per heavy atom. The molecule has 172 valence electrons. The largest absolute Gasteiger partial charge is 0.492 e. The zero-order chi connectivity index (χ0) is 23.3. The van der Waals surface area contributed by atoms with Crippen molar-refractivity contribution in [3.8, 4) is 11.5 Å². The number of rotatable bonds is 7. The maximum Gasteiger partial charge on any atom is 0.416 e. The van der Waals surface area contributed by atoms with Gasteiger partial charge >= 0.3 is 12.2 Å². The summed E-state index contributed by atoms with van der Waals surface area (Å²) in [7, 11) is 3.64. The maximum atomic E-state index is 13.1. The zero-order valence-electron chi connectivity index (χ0n) is 17.5. The molecule has 0 aliphatic carbocycles. The van der Waals surface area contributed by atoms with E-state index in [1.807, 2.05) is 19.0 Å². The van der Waals surface area contributed by atoms with Crippen molar-refractivity contribution in [1.29, 1.82) is 0 Å². The minimum absolute atomic E-state index is 0.0464. The van der Waals surface area contributed by atoms with Gasteiger partial charge in [0.05, 0.1) is 16.9 Å². The number of fused-ring (bicyclic) bond motifs is 1. The van der Waals surface area contributed by atoms with Crippen molar-refractivity contribution >= 4 is 23.3 Å². The van der Waals surface area contributed by atoms with Crippen LogP contribution in [0.2, 0.25) is 0 Å². The molecule has 0 spiro atoms. The molecule has 0 radical (unpaired) electrons. The van der Waals surface area contributed by atoms with Gasteiger partial charge in [0.2, 0.25) is 0 Å². The smallest absolute Gasteiger partial charge is 0.416 e. The number of halogens is 3. The number of ether oxygens (including phenoxy) is 2. The number of alkyl halides is 3. The van der Waals surface area contributed by atoms with Crippen LogP contribution >= 0.6 is 0 Å². The van der Waals surface area contributed by atoms with Crippen LogP contribution in [0.3, 0.4) is 0 Å². The fraction of sp³-hybridized carbons (Fsp3) is 0.333. The van der Waals surface area contributed by atoms with E-state index < -0.39 is 17.8 Å². The van der Waals surface area contributed by atoms with Gasteiger partial charge in [-0.1, -0.05) is 12.1 Å².